The molecule has 2 unspecified atom stereocenters. The summed E-state index contributed by atoms with van der Waals surface area (Å²) in [6.07, 6.45) is 7.28. The van der Waals surface area contributed by atoms with Gasteiger partial charge in [-0.05, 0) is 113 Å². The Hall–Kier alpha value is -7.36. The molecule has 2 aromatic heterocycles. The fourth-order valence-electron chi connectivity index (χ4n) is 11.1. The van der Waals surface area contributed by atoms with E-state index in [1.807, 2.05) is 0 Å². The van der Waals surface area contributed by atoms with Gasteiger partial charge in [-0.2, -0.15) is 0 Å². The van der Waals surface area contributed by atoms with Gasteiger partial charge in [-0.25, -0.2) is 0 Å². The second-order valence-electron chi connectivity index (χ2n) is 16.8. The molecule has 0 bridgehead atoms. The number of anilines is 2. The third-order valence-corrected chi connectivity index (χ3v) is 13.6. The summed E-state index contributed by atoms with van der Waals surface area (Å²) in [7, 11) is 0. The highest BCUT2D eigenvalue weighted by Gasteiger charge is 2.41. The van der Waals surface area contributed by atoms with Crippen molar-refractivity contribution < 1.29 is 0 Å². The molecule has 0 fully saturated rings. The third kappa shape index (κ3) is 4.90. The van der Waals surface area contributed by atoms with E-state index in [-0.39, 0.29) is 12.0 Å². The van der Waals surface area contributed by atoms with Crippen LogP contribution < -0.4 is 15.5 Å². The Morgan fingerprint density at radius 3 is 1.83 bits per heavy atom. The first-order valence-electron chi connectivity index (χ1n) is 21.4. The number of aromatic nitrogens is 2. The lowest BCUT2D eigenvalue weighted by Gasteiger charge is -2.30. The average Bonchev–Trinajstić information content (AvgIpc) is 4.02. The maximum absolute atomic E-state index is 2.68. The van der Waals surface area contributed by atoms with Crippen molar-refractivity contribution in [2.45, 2.75) is 30.7 Å². The highest BCUT2D eigenvalue weighted by Crippen LogP contribution is 2.53. The summed E-state index contributed by atoms with van der Waals surface area (Å²) in [6.45, 7) is 0. The lowest BCUT2D eigenvalue weighted by Crippen LogP contribution is -2.39. The smallest absolute Gasteiger partial charge is 0.0637 e. The fraction of sp³-hybridized carbons (Fsp3) is 0.0877. The van der Waals surface area contributed by atoms with Crippen molar-refractivity contribution in [3.63, 3.8) is 0 Å². The van der Waals surface area contributed by atoms with Gasteiger partial charge in [0.25, 0.3) is 0 Å². The normalized spacial score (nSPS) is 17.2. The van der Waals surface area contributed by atoms with Crippen molar-refractivity contribution in [1.29, 1.82) is 0 Å². The van der Waals surface area contributed by atoms with E-state index in [0.717, 1.165) is 12.8 Å². The van der Waals surface area contributed by atoms with Crippen LogP contribution in [0.1, 0.15) is 40.5 Å². The van der Waals surface area contributed by atoms with Crippen molar-refractivity contribution in [2.75, 3.05) is 4.90 Å². The number of fused-ring (bicyclic) bond motifs is 12. The Morgan fingerprint density at radius 1 is 0.417 bits per heavy atom. The van der Waals surface area contributed by atoms with Gasteiger partial charge in [0.05, 0.1) is 27.9 Å². The van der Waals surface area contributed by atoms with E-state index in [0.29, 0.717) is 5.92 Å². The van der Waals surface area contributed by atoms with Crippen LogP contribution in [0.5, 0.6) is 0 Å². The van der Waals surface area contributed by atoms with Gasteiger partial charge >= 0.3 is 0 Å². The molecule has 13 rings (SSSR count). The number of para-hydroxylation sites is 4. The Bertz CT molecular complexity index is 3450. The third-order valence-electron chi connectivity index (χ3n) is 13.6. The molecule has 284 valence electrons. The minimum absolute atomic E-state index is 0.0927. The molecule has 3 heteroatoms. The highest BCUT2D eigenvalue weighted by molar-refractivity contribution is 6.11. The summed E-state index contributed by atoms with van der Waals surface area (Å²) in [5, 5.41) is 6.43. The van der Waals surface area contributed by atoms with E-state index in [1.165, 1.54) is 99.4 Å². The molecule has 3 aliphatic rings. The predicted octanol–water partition coefficient (Wildman–Crippen LogP) is 12.4. The molecule has 3 nitrogen and oxygen atoms in total. The van der Waals surface area contributed by atoms with Crippen molar-refractivity contribution in [2.24, 2.45) is 0 Å². The Balaban J connectivity index is 1.06. The second-order valence-corrected chi connectivity index (χ2v) is 16.8. The van der Waals surface area contributed by atoms with E-state index in [1.54, 1.807) is 0 Å². The number of hydrogen-bond donors (Lipinski definition) is 0. The van der Waals surface area contributed by atoms with Crippen LogP contribution in [0.15, 0.2) is 194 Å². The molecule has 0 spiro atoms. The van der Waals surface area contributed by atoms with E-state index >= 15 is 0 Å². The largest absolute Gasteiger partial charge is 0.333 e. The summed E-state index contributed by atoms with van der Waals surface area (Å²) in [5.41, 5.74) is 17.0. The van der Waals surface area contributed by atoms with Gasteiger partial charge in [0.2, 0.25) is 0 Å². The quantitative estimate of drug-likeness (QED) is 0.164. The van der Waals surface area contributed by atoms with Crippen LogP contribution in [0.4, 0.5) is 11.4 Å². The van der Waals surface area contributed by atoms with Crippen molar-refractivity contribution >= 4 is 56.2 Å². The van der Waals surface area contributed by atoms with Crippen LogP contribution >= 0.6 is 0 Å². The second kappa shape index (κ2) is 13.1. The van der Waals surface area contributed by atoms with E-state index in [9.17, 15) is 0 Å². The molecule has 60 heavy (non-hydrogen) atoms. The molecule has 0 saturated heterocycles. The summed E-state index contributed by atoms with van der Waals surface area (Å²) in [4.78, 5) is 2.68. The standard InChI is InChI=1S/C57H41N3/c1-4-16-37(17-5-1)28-30-43-41-22-10-11-23-42(41)44-31-29-40(32-47(43)44)60-56-33-48-45-24-12-14-26-52(45)58(38-18-6-2-7-19-38)54(48)35-50(56)51-36-55-49(34-57(51)60)46-25-13-15-27-53(46)59(55)39-20-8-3-9-21-39/h1-27,29,31-36,43,50,56H,28,30H2/t43-,50?,56?/m1/s1. The van der Waals surface area contributed by atoms with Crippen LogP contribution in [-0.2, 0) is 6.42 Å². The summed E-state index contributed by atoms with van der Waals surface area (Å²) < 4.78 is 4.94. The Morgan fingerprint density at radius 2 is 1.05 bits per heavy atom. The lowest BCUT2D eigenvalue weighted by atomic mass is 9.89. The van der Waals surface area contributed by atoms with Crippen molar-refractivity contribution in [1.82, 2.24) is 9.13 Å². The van der Waals surface area contributed by atoms with Gasteiger partial charge in [-0.1, -0.05) is 140 Å². The first-order chi connectivity index (χ1) is 29.8. The van der Waals surface area contributed by atoms with Crippen LogP contribution in [0.25, 0.3) is 67.4 Å². The molecule has 3 atom stereocenters. The Kier molecular flexibility index (Phi) is 7.32. The van der Waals surface area contributed by atoms with Crippen molar-refractivity contribution in [3.05, 3.63) is 227 Å². The molecule has 8 aromatic carbocycles. The maximum Gasteiger partial charge on any atom is 0.0637 e. The molecule has 3 heterocycles. The summed E-state index contributed by atoms with van der Waals surface area (Å²) in [5.74, 6) is 0.461. The predicted molar refractivity (Wildman–Crippen MR) is 249 cm³/mol. The van der Waals surface area contributed by atoms with Gasteiger partial charge in [0, 0.05) is 56.0 Å². The molecular formula is C57H41N3. The average molecular weight is 768 g/mol. The summed E-state index contributed by atoms with van der Waals surface area (Å²) in [6, 6.07) is 72.2. The molecule has 0 saturated carbocycles. The molecule has 10 aromatic rings. The van der Waals surface area contributed by atoms with Gasteiger partial charge in [-0.3, -0.25) is 0 Å². The van der Waals surface area contributed by atoms with Gasteiger partial charge in [0.1, 0.15) is 0 Å². The van der Waals surface area contributed by atoms with E-state index in [2.05, 4.69) is 220 Å². The van der Waals surface area contributed by atoms with Crippen molar-refractivity contribution in [3.8, 4) is 22.5 Å². The minimum Gasteiger partial charge on any atom is -0.333 e. The van der Waals surface area contributed by atoms with E-state index < -0.39 is 0 Å². The molecular weight excluding hydrogens is 727 g/mol. The van der Waals surface area contributed by atoms with Crippen LogP contribution in [0.2, 0.25) is 0 Å². The number of nitrogens with zero attached hydrogens (tertiary/aromatic N) is 3. The van der Waals surface area contributed by atoms with Gasteiger partial charge in [0.15, 0.2) is 0 Å². The topological polar surface area (TPSA) is 13.1 Å². The van der Waals surface area contributed by atoms with Crippen LogP contribution in [0.3, 0.4) is 0 Å². The van der Waals surface area contributed by atoms with E-state index in [4.69, 9.17) is 0 Å². The van der Waals surface area contributed by atoms with Gasteiger partial charge < -0.3 is 14.0 Å². The zero-order valence-corrected chi connectivity index (χ0v) is 33.1. The zero-order chi connectivity index (χ0) is 39.3. The monoisotopic (exact) mass is 767 g/mol. The zero-order valence-electron chi connectivity index (χ0n) is 33.1. The molecule has 0 radical (unpaired) electrons. The number of rotatable bonds is 6. The first-order valence-corrected chi connectivity index (χ1v) is 21.4. The molecule has 0 N–H and O–H groups in total. The maximum atomic E-state index is 2.68. The Labute approximate surface area is 349 Å². The SMILES string of the molecule is C1=c2c(n(-c3ccccc3)c3ccccc23)=CC2c3cc4c(cc3N(c3ccc5c(c3)[C@H](CCc3ccccc3)c3ccccc3-5)C12)c1ccccc1n4-c1ccccc1. The number of benzene rings is 8. The molecule has 0 amide bonds. The lowest BCUT2D eigenvalue weighted by molar-refractivity contribution is 0.728. The summed E-state index contributed by atoms with van der Waals surface area (Å²) >= 11 is 0. The molecule has 1 aliphatic heterocycles. The number of hydrogen-bond acceptors (Lipinski definition) is 1. The first kappa shape index (κ1) is 33.6. The number of aryl methyl sites for hydroxylation is 1. The van der Waals surface area contributed by atoms with Crippen LogP contribution in [-0.4, -0.2) is 15.2 Å². The molecule has 2 aliphatic carbocycles. The highest BCUT2D eigenvalue weighted by atomic mass is 15.2. The minimum atomic E-state index is 0.0927. The van der Waals surface area contributed by atoms with Gasteiger partial charge in [-0.15, -0.1) is 0 Å². The fourth-order valence-corrected chi connectivity index (χ4v) is 11.1. The van der Waals surface area contributed by atoms with Crippen LogP contribution in [0, 0.1) is 0 Å².